The number of ether oxygens (including phenoxy) is 1. The number of aryl methyl sites for hydroxylation is 1. The number of benzene rings is 2. The number of rotatable bonds is 5. The van der Waals surface area contributed by atoms with Gasteiger partial charge in [-0.2, -0.15) is 0 Å². The smallest absolute Gasteiger partial charge is 0.118 e. The van der Waals surface area contributed by atoms with Gasteiger partial charge in [0.15, 0.2) is 0 Å². The molecule has 0 saturated heterocycles. The van der Waals surface area contributed by atoms with Crippen molar-refractivity contribution in [2.75, 3.05) is 13.7 Å². The second-order valence-electron chi connectivity index (χ2n) is 4.81. The Bertz CT molecular complexity index is 565. The van der Waals surface area contributed by atoms with Crippen LogP contribution in [0.15, 0.2) is 54.6 Å². The van der Waals surface area contributed by atoms with E-state index in [1.165, 1.54) is 11.1 Å². The predicted octanol–water partition coefficient (Wildman–Crippen LogP) is 3.62. The number of hydrogen-bond donors (Lipinski definition) is 1. The van der Waals surface area contributed by atoms with Gasteiger partial charge in [-0.1, -0.05) is 48.0 Å². The quantitative estimate of drug-likeness (QED) is 0.897. The maximum Gasteiger partial charge on any atom is 0.118 e. The Balaban J connectivity index is 2.12. The topological polar surface area (TPSA) is 29.5 Å². The van der Waals surface area contributed by atoms with E-state index in [2.05, 4.69) is 25.1 Å². The van der Waals surface area contributed by atoms with Crippen LogP contribution in [0.5, 0.6) is 5.75 Å². The van der Waals surface area contributed by atoms with Gasteiger partial charge in [-0.25, -0.2) is 0 Å². The Morgan fingerprint density at radius 1 is 1.05 bits per heavy atom. The monoisotopic (exact) mass is 268 g/mol. The van der Waals surface area contributed by atoms with Crippen LogP contribution in [0.4, 0.5) is 0 Å². The van der Waals surface area contributed by atoms with Crippen LogP contribution in [0, 0.1) is 6.92 Å². The normalized spacial score (nSPS) is 11.4. The van der Waals surface area contributed by atoms with Crippen LogP contribution in [0.3, 0.4) is 0 Å². The summed E-state index contributed by atoms with van der Waals surface area (Å²) in [4.78, 5) is 0. The lowest BCUT2D eigenvalue weighted by Gasteiger charge is -2.06. The number of methoxy groups -OCH3 is 1. The third-order valence-electron chi connectivity index (χ3n) is 3.34. The molecule has 0 aromatic heterocycles. The molecule has 0 amide bonds. The second-order valence-corrected chi connectivity index (χ2v) is 4.81. The first-order chi connectivity index (χ1) is 9.72. The van der Waals surface area contributed by atoms with E-state index in [0.29, 0.717) is 0 Å². The molecule has 0 heterocycles. The minimum Gasteiger partial charge on any atom is -0.497 e. The van der Waals surface area contributed by atoms with Crippen LogP contribution in [-0.2, 0) is 6.42 Å². The van der Waals surface area contributed by atoms with Gasteiger partial charge in [0.2, 0.25) is 0 Å². The summed E-state index contributed by atoms with van der Waals surface area (Å²) in [7, 11) is 1.66. The van der Waals surface area contributed by atoms with Gasteiger partial charge >= 0.3 is 0 Å². The molecule has 0 aliphatic rings. The van der Waals surface area contributed by atoms with Crippen molar-refractivity contribution in [1.82, 2.24) is 0 Å². The van der Waals surface area contributed by atoms with Gasteiger partial charge in [0.1, 0.15) is 5.75 Å². The molecule has 0 unspecified atom stereocenters. The summed E-state index contributed by atoms with van der Waals surface area (Å²) in [5, 5.41) is 9.52. The third kappa shape index (κ3) is 3.72. The second kappa shape index (κ2) is 6.92. The lowest BCUT2D eigenvalue weighted by atomic mass is 10.0. The van der Waals surface area contributed by atoms with Crippen molar-refractivity contribution in [2.45, 2.75) is 13.3 Å². The fourth-order valence-corrected chi connectivity index (χ4v) is 2.04. The van der Waals surface area contributed by atoms with Gasteiger partial charge in [-0.3, -0.25) is 0 Å². The Kier molecular flexibility index (Phi) is 4.97. The summed E-state index contributed by atoms with van der Waals surface area (Å²) in [6.45, 7) is 2.11. The molecular formula is C18H20O2. The summed E-state index contributed by atoms with van der Waals surface area (Å²) >= 11 is 0. The number of aliphatic hydroxyl groups excluding tert-OH is 1. The van der Waals surface area contributed by atoms with Gasteiger partial charge in [-0.15, -0.1) is 0 Å². The molecule has 0 aliphatic carbocycles. The largest absolute Gasteiger partial charge is 0.497 e. The van der Waals surface area contributed by atoms with Crippen LogP contribution in [-0.4, -0.2) is 18.8 Å². The number of aliphatic hydroxyl groups is 1. The van der Waals surface area contributed by atoms with E-state index in [9.17, 15) is 5.11 Å². The van der Waals surface area contributed by atoms with E-state index in [4.69, 9.17) is 4.74 Å². The maximum atomic E-state index is 9.52. The standard InChI is InChI=1S/C18H20O2/c1-14-3-8-16(9-4-14)17(13-19)10-5-15-6-11-18(20-2)12-7-15/h3-4,6-12,19H,5,13H2,1-2H3/b17-10-. The van der Waals surface area contributed by atoms with Gasteiger partial charge in [0.25, 0.3) is 0 Å². The Morgan fingerprint density at radius 3 is 2.25 bits per heavy atom. The van der Waals surface area contributed by atoms with Crippen molar-refractivity contribution in [3.63, 3.8) is 0 Å². The average Bonchev–Trinajstić information content (AvgIpc) is 2.50. The molecule has 2 aromatic carbocycles. The van der Waals surface area contributed by atoms with Crippen molar-refractivity contribution >= 4 is 5.57 Å². The first-order valence-corrected chi connectivity index (χ1v) is 6.73. The highest BCUT2D eigenvalue weighted by atomic mass is 16.5. The third-order valence-corrected chi connectivity index (χ3v) is 3.34. The fraction of sp³-hybridized carbons (Fsp3) is 0.222. The molecule has 2 aromatic rings. The van der Waals surface area contributed by atoms with Gasteiger partial charge < -0.3 is 9.84 Å². The minimum absolute atomic E-state index is 0.0548. The summed E-state index contributed by atoms with van der Waals surface area (Å²) in [5.41, 5.74) is 4.46. The van der Waals surface area contributed by atoms with E-state index in [1.54, 1.807) is 7.11 Å². The maximum absolute atomic E-state index is 9.52. The van der Waals surface area contributed by atoms with Crippen LogP contribution >= 0.6 is 0 Å². The molecular weight excluding hydrogens is 248 g/mol. The highest BCUT2D eigenvalue weighted by Gasteiger charge is 2.00. The van der Waals surface area contributed by atoms with Crippen LogP contribution in [0.1, 0.15) is 16.7 Å². The SMILES string of the molecule is COc1ccc(C/C=C(/CO)c2ccc(C)cc2)cc1. The summed E-state index contributed by atoms with van der Waals surface area (Å²) < 4.78 is 5.14. The highest BCUT2D eigenvalue weighted by molar-refractivity contribution is 5.66. The zero-order valence-corrected chi connectivity index (χ0v) is 12.0. The molecule has 104 valence electrons. The molecule has 0 radical (unpaired) electrons. The molecule has 2 rings (SSSR count). The van der Waals surface area contributed by atoms with E-state index in [0.717, 1.165) is 23.3 Å². The summed E-state index contributed by atoms with van der Waals surface area (Å²) in [5.74, 6) is 0.860. The zero-order chi connectivity index (χ0) is 14.4. The van der Waals surface area contributed by atoms with E-state index >= 15 is 0 Å². The van der Waals surface area contributed by atoms with Gasteiger partial charge in [-0.05, 0) is 42.2 Å². The van der Waals surface area contributed by atoms with E-state index < -0.39 is 0 Å². The molecule has 0 aliphatic heterocycles. The Hall–Kier alpha value is -2.06. The molecule has 0 fully saturated rings. The molecule has 0 spiro atoms. The first kappa shape index (κ1) is 14.4. The lowest BCUT2D eigenvalue weighted by molar-refractivity contribution is 0.350. The number of allylic oxidation sites excluding steroid dienone is 1. The summed E-state index contributed by atoms with van der Waals surface area (Å²) in [6, 6.07) is 16.2. The van der Waals surface area contributed by atoms with Crippen LogP contribution in [0.2, 0.25) is 0 Å². The van der Waals surface area contributed by atoms with Crippen molar-refractivity contribution in [3.05, 3.63) is 71.3 Å². The minimum atomic E-state index is 0.0548. The zero-order valence-electron chi connectivity index (χ0n) is 12.0. The highest BCUT2D eigenvalue weighted by Crippen LogP contribution is 2.17. The molecule has 2 heteroatoms. The molecule has 0 saturated carbocycles. The fourth-order valence-electron chi connectivity index (χ4n) is 2.04. The van der Waals surface area contributed by atoms with Crippen LogP contribution < -0.4 is 4.74 Å². The Morgan fingerprint density at radius 2 is 1.70 bits per heavy atom. The van der Waals surface area contributed by atoms with Crippen molar-refractivity contribution in [3.8, 4) is 5.75 Å². The Labute approximate surface area is 120 Å². The predicted molar refractivity (Wildman–Crippen MR) is 82.9 cm³/mol. The molecule has 0 bridgehead atoms. The van der Waals surface area contributed by atoms with Crippen molar-refractivity contribution < 1.29 is 9.84 Å². The van der Waals surface area contributed by atoms with E-state index in [-0.39, 0.29) is 6.61 Å². The van der Waals surface area contributed by atoms with Crippen LogP contribution in [0.25, 0.3) is 5.57 Å². The summed E-state index contributed by atoms with van der Waals surface area (Å²) in [6.07, 6.45) is 2.88. The first-order valence-electron chi connectivity index (χ1n) is 6.73. The average molecular weight is 268 g/mol. The molecule has 1 N–H and O–H groups in total. The van der Waals surface area contributed by atoms with Crippen molar-refractivity contribution in [2.24, 2.45) is 0 Å². The molecule has 0 atom stereocenters. The van der Waals surface area contributed by atoms with E-state index in [1.807, 2.05) is 36.4 Å². The lowest BCUT2D eigenvalue weighted by Crippen LogP contribution is -1.92. The van der Waals surface area contributed by atoms with Gasteiger partial charge in [0.05, 0.1) is 13.7 Å². The van der Waals surface area contributed by atoms with Gasteiger partial charge in [0, 0.05) is 0 Å². The molecule has 2 nitrogen and oxygen atoms in total. The van der Waals surface area contributed by atoms with Crippen molar-refractivity contribution in [1.29, 1.82) is 0 Å². The molecule has 20 heavy (non-hydrogen) atoms. The number of hydrogen-bond acceptors (Lipinski definition) is 2.